The van der Waals surface area contributed by atoms with Gasteiger partial charge in [-0.15, -0.1) is 0 Å². The summed E-state index contributed by atoms with van der Waals surface area (Å²) in [7, 11) is 0. The van der Waals surface area contributed by atoms with Gasteiger partial charge in [0.1, 0.15) is 17.8 Å². The Labute approximate surface area is 136 Å². The number of halogens is 3. The van der Waals surface area contributed by atoms with Gasteiger partial charge in [0.05, 0.1) is 5.39 Å². The largest absolute Gasteiger partial charge is 0.383 e. The number of aromatic nitrogens is 4. The molecule has 0 spiro atoms. The Bertz CT molecular complexity index is 875. The molecule has 3 rings (SSSR count). The molecule has 8 heteroatoms. The molecule has 1 aromatic carbocycles. The van der Waals surface area contributed by atoms with E-state index in [0.29, 0.717) is 0 Å². The Hall–Kier alpha value is -2.28. The van der Waals surface area contributed by atoms with Gasteiger partial charge in [0.2, 0.25) is 0 Å². The van der Waals surface area contributed by atoms with Crippen molar-refractivity contribution in [1.29, 1.82) is 0 Å². The third kappa shape index (κ3) is 2.50. The SMILES string of the molecule is CC(C)n1nc(C(F)(F)c2cccc(Cl)c2)c2c(N)ncnc21. The molecular weight excluding hydrogens is 324 g/mol. The Morgan fingerprint density at radius 1 is 1.26 bits per heavy atom. The number of fused-ring (bicyclic) bond motifs is 1. The average Bonchev–Trinajstić information content (AvgIpc) is 2.89. The lowest BCUT2D eigenvalue weighted by Gasteiger charge is -2.15. The van der Waals surface area contributed by atoms with Crippen molar-refractivity contribution in [2.24, 2.45) is 0 Å². The van der Waals surface area contributed by atoms with Crippen LogP contribution in [0.15, 0.2) is 30.6 Å². The molecule has 23 heavy (non-hydrogen) atoms. The van der Waals surface area contributed by atoms with Gasteiger partial charge in [-0.2, -0.15) is 13.9 Å². The van der Waals surface area contributed by atoms with Gasteiger partial charge in [-0.3, -0.25) is 0 Å². The molecule has 5 nitrogen and oxygen atoms in total. The molecule has 0 saturated heterocycles. The first kappa shape index (κ1) is 15.6. The molecule has 0 aliphatic heterocycles. The summed E-state index contributed by atoms with van der Waals surface area (Å²) in [5.41, 5.74) is 5.36. The predicted octanol–water partition coefficient (Wildman–Crippen LogP) is 3.78. The highest BCUT2D eigenvalue weighted by Crippen LogP contribution is 2.40. The quantitative estimate of drug-likeness (QED) is 0.789. The van der Waals surface area contributed by atoms with Crippen LogP contribution in [-0.2, 0) is 5.92 Å². The molecule has 2 heterocycles. The Morgan fingerprint density at radius 3 is 2.65 bits per heavy atom. The number of hydrogen-bond donors (Lipinski definition) is 1. The number of anilines is 1. The van der Waals surface area contributed by atoms with Crippen LogP contribution < -0.4 is 5.73 Å². The first-order valence-electron chi connectivity index (χ1n) is 6.95. The highest BCUT2D eigenvalue weighted by atomic mass is 35.5. The number of benzene rings is 1. The van der Waals surface area contributed by atoms with Crippen LogP contribution in [0.25, 0.3) is 11.0 Å². The van der Waals surface area contributed by atoms with Crippen molar-refractivity contribution in [2.75, 3.05) is 5.73 Å². The summed E-state index contributed by atoms with van der Waals surface area (Å²) in [4.78, 5) is 7.88. The summed E-state index contributed by atoms with van der Waals surface area (Å²) in [6.07, 6.45) is 1.24. The van der Waals surface area contributed by atoms with Gasteiger partial charge in [0.15, 0.2) is 5.65 Å². The smallest absolute Gasteiger partial charge is 0.317 e. The van der Waals surface area contributed by atoms with E-state index < -0.39 is 11.6 Å². The zero-order valence-corrected chi connectivity index (χ0v) is 13.2. The van der Waals surface area contributed by atoms with Crippen molar-refractivity contribution in [3.05, 3.63) is 46.9 Å². The minimum Gasteiger partial charge on any atom is -0.383 e. The minimum absolute atomic E-state index is 0.0291. The number of nitrogens with zero attached hydrogens (tertiary/aromatic N) is 4. The van der Waals surface area contributed by atoms with Crippen molar-refractivity contribution < 1.29 is 8.78 Å². The van der Waals surface area contributed by atoms with Gasteiger partial charge >= 0.3 is 5.92 Å². The van der Waals surface area contributed by atoms with E-state index in [0.717, 1.165) is 0 Å². The van der Waals surface area contributed by atoms with Crippen molar-refractivity contribution in [3.63, 3.8) is 0 Å². The second-order valence-electron chi connectivity index (χ2n) is 5.43. The van der Waals surface area contributed by atoms with Crippen molar-refractivity contribution in [1.82, 2.24) is 19.7 Å². The topological polar surface area (TPSA) is 69.6 Å². The van der Waals surface area contributed by atoms with Gasteiger partial charge in [-0.05, 0) is 26.0 Å². The van der Waals surface area contributed by atoms with Crippen molar-refractivity contribution in [3.8, 4) is 0 Å². The lowest BCUT2D eigenvalue weighted by Crippen LogP contribution is -2.17. The van der Waals surface area contributed by atoms with E-state index >= 15 is 8.78 Å². The molecule has 2 N–H and O–H groups in total. The maximum Gasteiger partial charge on any atom is 0.317 e. The number of hydrogen-bond acceptors (Lipinski definition) is 4. The summed E-state index contributed by atoms with van der Waals surface area (Å²) < 4.78 is 31.4. The summed E-state index contributed by atoms with van der Waals surface area (Å²) in [5.74, 6) is -3.40. The number of alkyl halides is 2. The molecule has 2 aromatic heterocycles. The van der Waals surface area contributed by atoms with Gasteiger partial charge in [0.25, 0.3) is 0 Å². The van der Waals surface area contributed by atoms with E-state index in [1.165, 1.54) is 35.3 Å². The highest BCUT2D eigenvalue weighted by molar-refractivity contribution is 6.30. The Balaban J connectivity index is 2.31. The van der Waals surface area contributed by atoms with Crippen LogP contribution >= 0.6 is 11.6 Å². The van der Waals surface area contributed by atoms with E-state index in [-0.39, 0.29) is 33.5 Å². The van der Waals surface area contributed by atoms with Crippen molar-refractivity contribution in [2.45, 2.75) is 25.8 Å². The fourth-order valence-electron chi connectivity index (χ4n) is 2.40. The van der Waals surface area contributed by atoms with E-state index in [9.17, 15) is 0 Å². The zero-order chi connectivity index (χ0) is 16.8. The van der Waals surface area contributed by atoms with Crippen LogP contribution in [-0.4, -0.2) is 19.7 Å². The van der Waals surface area contributed by atoms with Crippen LogP contribution in [0.3, 0.4) is 0 Å². The zero-order valence-electron chi connectivity index (χ0n) is 12.5. The first-order valence-corrected chi connectivity index (χ1v) is 7.33. The monoisotopic (exact) mass is 337 g/mol. The normalized spacial score (nSPS) is 12.3. The van der Waals surface area contributed by atoms with Gasteiger partial charge in [-0.25, -0.2) is 14.6 Å². The molecule has 0 aliphatic carbocycles. The molecule has 0 atom stereocenters. The van der Waals surface area contributed by atoms with Crippen LogP contribution in [0.5, 0.6) is 0 Å². The molecular formula is C15H14ClF2N5. The third-order valence-corrected chi connectivity index (χ3v) is 3.73. The first-order chi connectivity index (χ1) is 10.8. The van der Waals surface area contributed by atoms with Gasteiger partial charge in [-0.1, -0.05) is 23.7 Å². The van der Waals surface area contributed by atoms with Crippen LogP contribution in [0.1, 0.15) is 31.1 Å². The summed E-state index contributed by atoms with van der Waals surface area (Å²) >= 11 is 5.84. The van der Waals surface area contributed by atoms with E-state index in [1.807, 2.05) is 13.8 Å². The van der Waals surface area contributed by atoms with Crippen molar-refractivity contribution >= 4 is 28.5 Å². The molecule has 0 bridgehead atoms. The number of nitrogen functional groups attached to an aromatic ring is 1. The van der Waals surface area contributed by atoms with Crippen LogP contribution in [0.4, 0.5) is 14.6 Å². The lowest BCUT2D eigenvalue weighted by atomic mass is 10.0. The number of rotatable bonds is 3. The maximum absolute atomic E-state index is 15.0. The number of nitrogens with two attached hydrogens (primary N) is 1. The highest BCUT2D eigenvalue weighted by Gasteiger charge is 2.40. The lowest BCUT2D eigenvalue weighted by molar-refractivity contribution is 0.0386. The Morgan fingerprint density at radius 2 is 2.00 bits per heavy atom. The van der Waals surface area contributed by atoms with Gasteiger partial charge in [0, 0.05) is 16.6 Å². The minimum atomic E-state index is -3.37. The van der Waals surface area contributed by atoms with Gasteiger partial charge < -0.3 is 5.73 Å². The summed E-state index contributed by atoms with van der Waals surface area (Å²) in [6, 6.07) is 5.35. The molecule has 0 amide bonds. The molecule has 0 fully saturated rings. The molecule has 3 aromatic rings. The predicted molar refractivity (Wildman–Crippen MR) is 84.6 cm³/mol. The fraction of sp³-hybridized carbons (Fsp3) is 0.267. The molecule has 0 saturated carbocycles. The second kappa shape index (κ2) is 5.42. The van der Waals surface area contributed by atoms with Crippen LogP contribution in [0, 0.1) is 0 Å². The van der Waals surface area contributed by atoms with E-state index in [1.54, 1.807) is 0 Å². The average molecular weight is 338 g/mol. The fourth-order valence-corrected chi connectivity index (χ4v) is 2.59. The van der Waals surface area contributed by atoms with E-state index in [4.69, 9.17) is 17.3 Å². The van der Waals surface area contributed by atoms with E-state index in [2.05, 4.69) is 15.1 Å². The molecule has 0 radical (unpaired) electrons. The standard InChI is InChI=1S/C15H14ClF2N5/c1-8(2)23-14-11(13(19)20-7-21-14)12(22-23)15(17,18)9-4-3-5-10(16)6-9/h3-8H,1-2H3,(H2,19,20,21). The third-order valence-electron chi connectivity index (χ3n) is 3.49. The second-order valence-corrected chi connectivity index (χ2v) is 5.87. The maximum atomic E-state index is 15.0. The molecule has 0 aliphatic rings. The molecule has 0 unspecified atom stereocenters. The Kier molecular flexibility index (Phi) is 3.68. The molecule has 120 valence electrons. The summed E-state index contributed by atoms with van der Waals surface area (Å²) in [5, 5.41) is 4.35. The van der Waals surface area contributed by atoms with Crippen LogP contribution in [0.2, 0.25) is 5.02 Å². The summed E-state index contributed by atoms with van der Waals surface area (Å²) in [6.45, 7) is 3.65.